The van der Waals surface area contributed by atoms with Crippen LogP contribution in [0.4, 0.5) is 0 Å². The van der Waals surface area contributed by atoms with E-state index < -0.39 is 0 Å². The summed E-state index contributed by atoms with van der Waals surface area (Å²) in [5.41, 5.74) is 0. The molecule has 0 bridgehead atoms. The Hall–Kier alpha value is -0.0800. The Kier molecular flexibility index (Phi) is 1.90. The molecule has 0 aromatic heterocycles. The highest BCUT2D eigenvalue weighted by Crippen LogP contribution is 2.35. The molecule has 1 heterocycles. The molecule has 2 rings (SSSR count). The second-order valence-electron chi connectivity index (χ2n) is 4.21. The van der Waals surface area contributed by atoms with Gasteiger partial charge < -0.3 is 10.0 Å². The van der Waals surface area contributed by atoms with Crippen molar-refractivity contribution in [2.24, 2.45) is 11.8 Å². The number of hydrogen-bond donors (Lipinski definition) is 1. The fourth-order valence-electron chi connectivity index (χ4n) is 2.64. The van der Waals surface area contributed by atoms with Gasteiger partial charge in [0.25, 0.3) is 0 Å². The lowest BCUT2D eigenvalue weighted by atomic mass is 9.80. The van der Waals surface area contributed by atoms with Crippen LogP contribution in [0, 0.1) is 11.8 Å². The van der Waals surface area contributed by atoms with Gasteiger partial charge >= 0.3 is 0 Å². The first-order valence-electron chi connectivity index (χ1n) is 4.62. The molecule has 0 amide bonds. The van der Waals surface area contributed by atoms with Crippen LogP contribution >= 0.6 is 0 Å². The molecular formula is C9H17NO. The summed E-state index contributed by atoms with van der Waals surface area (Å²) in [7, 11) is 2.19. The van der Waals surface area contributed by atoms with Crippen LogP contribution in [-0.2, 0) is 0 Å². The van der Waals surface area contributed by atoms with Gasteiger partial charge in [-0.1, -0.05) is 0 Å². The van der Waals surface area contributed by atoms with E-state index in [9.17, 15) is 5.11 Å². The zero-order chi connectivity index (χ0) is 7.84. The summed E-state index contributed by atoms with van der Waals surface area (Å²) in [6, 6.07) is 0. The van der Waals surface area contributed by atoms with Crippen molar-refractivity contribution in [1.82, 2.24) is 4.90 Å². The van der Waals surface area contributed by atoms with E-state index in [1.54, 1.807) is 0 Å². The fourth-order valence-corrected chi connectivity index (χ4v) is 2.64. The van der Waals surface area contributed by atoms with Crippen LogP contribution in [0.2, 0.25) is 0 Å². The normalized spacial score (nSPS) is 45.8. The van der Waals surface area contributed by atoms with Gasteiger partial charge in [-0.2, -0.15) is 0 Å². The number of aliphatic hydroxyl groups is 1. The predicted octanol–water partition coefficient (Wildman–Crippen LogP) is 0.709. The molecule has 1 saturated heterocycles. The van der Waals surface area contributed by atoms with Crippen LogP contribution in [-0.4, -0.2) is 36.2 Å². The molecular weight excluding hydrogens is 138 g/mol. The lowest BCUT2D eigenvalue weighted by molar-refractivity contribution is 0.0866. The van der Waals surface area contributed by atoms with Gasteiger partial charge in [0.05, 0.1) is 6.10 Å². The van der Waals surface area contributed by atoms with E-state index in [-0.39, 0.29) is 6.10 Å². The first-order chi connectivity index (χ1) is 5.25. The van der Waals surface area contributed by atoms with Crippen molar-refractivity contribution < 1.29 is 5.11 Å². The maximum Gasteiger partial charge on any atom is 0.0543 e. The van der Waals surface area contributed by atoms with E-state index in [2.05, 4.69) is 11.9 Å². The van der Waals surface area contributed by atoms with E-state index in [0.717, 1.165) is 24.7 Å². The highest BCUT2D eigenvalue weighted by atomic mass is 16.3. The van der Waals surface area contributed by atoms with Crippen LogP contribution in [0.1, 0.15) is 19.3 Å². The second-order valence-corrected chi connectivity index (χ2v) is 4.21. The van der Waals surface area contributed by atoms with E-state index in [1.165, 1.54) is 19.5 Å². The van der Waals surface area contributed by atoms with Gasteiger partial charge in [-0.05, 0) is 38.1 Å². The molecule has 0 spiro atoms. The van der Waals surface area contributed by atoms with E-state index in [0.29, 0.717) is 0 Å². The summed E-state index contributed by atoms with van der Waals surface area (Å²) in [5.74, 6) is 1.69. The van der Waals surface area contributed by atoms with Crippen molar-refractivity contribution in [2.45, 2.75) is 25.4 Å². The molecule has 3 atom stereocenters. The number of aliphatic hydroxyl groups excluding tert-OH is 1. The molecule has 1 aliphatic heterocycles. The minimum Gasteiger partial charge on any atom is -0.393 e. The van der Waals surface area contributed by atoms with Gasteiger partial charge in [-0.3, -0.25) is 0 Å². The predicted molar refractivity (Wildman–Crippen MR) is 44.3 cm³/mol. The van der Waals surface area contributed by atoms with Crippen LogP contribution in [0.25, 0.3) is 0 Å². The smallest absolute Gasteiger partial charge is 0.0543 e. The summed E-state index contributed by atoms with van der Waals surface area (Å²) in [6.45, 7) is 2.47. The summed E-state index contributed by atoms with van der Waals surface area (Å²) in [4.78, 5) is 2.40. The Morgan fingerprint density at radius 3 is 2.73 bits per heavy atom. The molecule has 2 nitrogen and oxygen atoms in total. The van der Waals surface area contributed by atoms with Crippen molar-refractivity contribution in [3.63, 3.8) is 0 Å². The van der Waals surface area contributed by atoms with Crippen LogP contribution in [0.15, 0.2) is 0 Å². The van der Waals surface area contributed by atoms with Crippen molar-refractivity contribution >= 4 is 0 Å². The Balaban J connectivity index is 1.97. The monoisotopic (exact) mass is 155 g/mol. The third-order valence-corrected chi connectivity index (χ3v) is 3.20. The fraction of sp³-hybridized carbons (Fsp3) is 1.00. The van der Waals surface area contributed by atoms with Crippen molar-refractivity contribution in [1.29, 1.82) is 0 Å². The van der Waals surface area contributed by atoms with Gasteiger partial charge in [0.15, 0.2) is 0 Å². The quantitative estimate of drug-likeness (QED) is 0.557. The first-order valence-corrected chi connectivity index (χ1v) is 4.62. The molecule has 2 heteroatoms. The number of fused-ring (bicyclic) bond motifs is 1. The van der Waals surface area contributed by atoms with Gasteiger partial charge in [-0.25, -0.2) is 0 Å². The molecule has 2 fully saturated rings. The largest absolute Gasteiger partial charge is 0.393 e. The molecule has 0 aromatic rings. The Bertz CT molecular complexity index is 148. The molecule has 0 radical (unpaired) electrons. The Morgan fingerprint density at radius 2 is 1.91 bits per heavy atom. The van der Waals surface area contributed by atoms with Crippen molar-refractivity contribution in [3.8, 4) is 0 Å². The maximum absolute atomic E-state index is 9.42. The Morgan fingerprint density at radius 1 is 1.18 bits per heavy atom. The van der Waals surface area contributed by atoms with Gasteiger partial charge in [0.1, 0.15) is 0 Å². The summed E-state index contributed by atoms with van der Waals surface area (Å²) < 4.78 is 0. The van der Waals surface area contributed by atoms with Crippen molar-refractivity contribution in [3.05, 3.63) is 0 Å². The Labute approximate surface area is 68.2 Å². The average Bonchev–Trinajstić information content (AvgIpc) is 2.27. The van der Waals surface area contributed by atoms with Gasteiger partial charge in [-0.15, -0.1) is 0 Å². The van der Waals surface area contributed by atoms with Gasteiger partial charge in [0, 0.05) is 13.1 Å². The third-order valence-electron chi connectivity index (χ3n) is 3.20. The zero-order valence-electron chi connectivity index (χ0n) is 7.16. The summed E-state index contributed by atoms with van der Waals surface area (Å²) >= 11 is 0. The molecule has 0 aromatic carbocycles. The first kappa shape index (κ1) is 7.56. The lowest BCUT2D eigenvalue weighted by Crippen LogP contribution is -2.26. The zero-order valence-corrected chi connectivity index (χ0v) is 7.16. The maximum atomic E-state index is 9.42. The van der Waals surface area contributed by atoms with E-state index >= 15 is 0 Å². The number of rotatable bonds is 0. The molecule has 1 saturated carbocycles. The summed E-state index contributed by atoms with van der Waals surface area (Å²) in [6.07, 6.45) is 3.34. The van der Waals surface area contributed by atoms with Crippen molar-refractivity contribution in [2.75, 3.05) is 20.1 Å². The molecule has 1 aliphatic carbocycles. The molecule has 1 N–H and O–H groups in total. The highest BCUT2D eigenvalue weighted by Gasteiger charge is 2.35. The van der Waals surface area contributed by atoms with E-state index in [1.807, 2.05) is 0 Å². The summed E-state index contributed by atoms with van der Waals surface area (Å²) in [5, 5.41) is 9.42. The van der Waals surface area contributed by atoms with Crippen LogP contribution in [0.5, 0.6) is 0 Å². The van der Waals surface area contributed by atoms with Crippen LogP contribution < -0.4 is 0 Å². The lowest BCUT2D eigenvalue weighted by Gasteiger charge is -2.27. The minimum atomic E-state index is 0.00255. The number of hydrogen-bond acceptors (Lipinski definition) is 2. The molecule has 2 aliphatic rings. The second kappa shape index (κ2) is 2.76. The molecule has 0 unspecified atom stereocenters. The van der Waals surface area contributed by atoms with Crippen LogP contribution in [0.3, 0.4) is 0 Å². The minimum absolute atomic E-state index is 0.00255. The number of nitrogens with zero attached hydrogens (tertiary/aromatic N) is 1. The molecule has 11 heavy (non-hydrogen) atoms. The van der Waals surface area contributed by atoms with Gasteiger partial charge in [0.2, 0.25) is 0 Å². The third kappa shape index (κ3) is 1.42. The number of likely N-dealkylation sites (tertiary alicyclic amines) is 1. The molecule has 64 valence electrons. The average molecular weight is 155 g/mol. The topological polar surface area (TPSA) is 23.5 Å². The SMILES string of the molecule is CN1C[C@@H]2CC[C@H](O)C[C@H]2C1. The highest BCUT2D eigenvalue weighted by molar-refractivity contribution is 4.87. The standard InChI is InChI=1S/C9H17NO/c1-10-5-7-2-3-9(11)4-8(7)6-10/h7-9,11H,2-6H2,1H3/t7-,8-,9-/m0/s1. The van der Waals surface area contributed by atoms with E-state index in [4.69, 9.17) is 0 Å².